The normalized spacial score (nSPS) is 26.6. The average Bonchev–Trinajstić information content (AvgIpc) is 2.71. The molecule has 1 N–H and O–H groups in total. The summed E-state index contributed by atoms with van der Waals surface area (Å²) in [6, 6.07) is 0.281. The number of aliphatic hydroxyl groups excluding tert-OH is 1. The van der Waals surface area contributed by atoms with Gasteiger partial charge in [-0.25, -0.2) is 0 Å². The Hall–Kier alpha value is -0.350. The summed E-state index contributed by atoms with van der Waals surface area (Å²) < 4.78 is 2.87. The van der Waals surface area contributed by atoms with E-state index in [1.165, 1.54) is 12.8 Å². The van der Waals surface area contributed by atoms with Crippen molar-refractivity contribution in [2.45, 2.75) is 58.6 Å². The maximum atomic E-state index is 10.6. The highest BCUT2D eigenvalue weighted by Gasteiger charge is 2.29. The minimum Gasteiger partial charge on any atom is -0.386 e. The molecule has 0 amide bonds. The summed E-state index contributed by atoms with van der Waals surface area (Å²) in [6.07, 6.45) is 6.11. The van der Waals surface area contributed by atoms with Crippen LogP contribution in [-0.2, 0) is 0 Å². The summed E-state index contributed by atoms with van der Waals surface area (Å²) in [7, 11) is 0. The van der Waals surface area contributed by atoms with Gasteiger partial charge in [0.15, 0.2) is 0 Å². The Morgan fingerprint density at radius 2 is 1.94 bits per heavy atom. The molecule has 1 unspecified atom stereocenters. The Morgan fingerprint density at radius 3 is 2.50 bits per heavy atom. The van der Waals surface area contributed by atoms with Gasteiger partial charge in [0.25, 0.3) is 0 Å². The van der Waals surface area contributed by atoms with Crippen LogP contribution < -0.4 is 0 Å². The molecule has 0 bridgehead atoms. The highest BCUT2D eigenvalue weighted by molar-refractivity contribution is 9.10. The molecule has 3 nitrogen and oxygen atoms in total. The Balaban J connectivity index is 2.17. The van der Waals surface area contributed by atoms with E-state index < -0.39 is 6.10 Å². The van der Waals surface area contributed by atoms with Gasteiger partial charge in [-0.2, -0.15) is 5.10 Å². The van der Waals surface area contributed by atoms with Gasteiger partial charge in [0.1, 0.15) is 0 Å². The average molecular weight is 315 g/mol. The van der Waals surface area contributed by atoms with Crippen LogP contribution in [-0.4, -0.2) is 14.9 Å². The molecule has 0 aromatic carbocycles. The molecule has 1 aliphatic carbocycles. The van der Waals surface area contributed by atoms with Gasteiger partial charge in [0.2, 0.25) is 0 Å². The fourth-order valence-electron chi connectivity index (χ4n) is 2.86. The van der Waals surface area contributed by atoms with Gasteiger partial charge in [0, 0.05) is 6.04 Å². The van der Waals surface area contributed by atoms with Crippen molar-refractivity contribution in [1.29, 1.82) is 0 Å². The molecule has 1 fully saturated rings. The summed E-state index contributed by atoms with van der Waals surface area (Å²) in [5, 5.41) is 15.0. The fraction of sp³-hybridized carbons (Fsp3) is 0.786. The Morgan fingerprint density at radius 1 is 1.33 bits per heavy atom. The summed E-state index contributed by atoms with van der Waals surface area (Å²) in [5.74, 6) is 1.19. The van der Waals surface area contributed by atoms with Crippen molar-refractivity contribution in [2.24, 2.45) is 11.8 Å². The molecule has 1 heterocycles. The van der Waals surface area contributed by atoms with Crippen LogP contribution in [0.15, 0.2) is 10.7 Å². The quantitative estimate of drug-likeness (QED) is 0.912. The van der Waals surface area contributed by atoms with Crippen molar-refractivity contribution in [2.75, 3.05) is 0 Å². The number of aliphatic hydroxyl groups is 1. The van der Waals surface area contributed by atoms with E-state index in [1.807, 2.05) is 4.68 Å². The summed E-state index contributed by atoms with van der Waals surface area (Å²) in [4.78, 5) is 0. The van der Waals surface area contributed by atoms with Gasteiger partial charge in [-0.05, 0) is 54.5 Å². The number of nitrogens with zero attached hydrogens (tertiary/aromatic N) is 2. The van der Waals surface area contributed by atoms with E-state index in [4.69, 9.17) is 0 Å². The van der Waals surface area contributed by atoms with Crippen LogP contribution >= 0.6 is 15.9 Å². The largest absolute Gasteiger partial charge is 0.386 e. The number of aromatic nitrogens is 2. The van der Waals surface area contributed by atoms with Crippen LogP contribution in [0.25, 0.3) is 0 Å². The third-order valence-electron chi connectivity index (χ3n) is 4.06. The Kier molecular flexibility index (Phi) is 4.49. The lowest BCUT2D eigenvalue weighted by Crippen LogP contribution is -2.22. The van der Waals surface area contributed by atoms with Gasteiger partial charge in [0.05, 0.1) is 22.5 Å². The van der Waals surface area contributed by atoms with Crippen molar-refractivity contribution in [3.8, 4) is 0 Å². The van der Waals surface area contributed by atoms with Crippen LogP contribution in [0.4, 0.5) is 0 Å². The molecule has 18 heavy (non-hydrogen) atoms. The third-order valence-corrected chi connectivity index (χ3v) is 4.67. The third kappa shape index (κ3) is 2.80. The summed E-state index contributed by atoms with van der Waals surface area (Å²) in [5.41, 5.74) is 0.949. The molecular weight excluding hydrogens is 292 g/mol. The molecule has 0 saturated heterocycles. The lowest BCUT2D eigenvalue weighted by molar-refractivity contribution is 0.0665. The van der Waals surface area contributed by atoms with Gasteiger partial charge >= 0.3 is 0 Å². The minimum absolute atomic E-state index is 0.281. The van der Waals surface area contributed by atoms with Crippen molar-refractivity contribution in [3.05, 3.63) is 16.4 Å². The summed E-state index contributed by atoms with van der Waals surface area (Å²) in [6.45, 7) is 6.49. The van der Waals surface area contributed by atoms with Crippen LogP contribution in [0.1, 0.15) is 64.3 Å². The Labute approximate surface area is 118 Å². The molecule has 4 heteroatoms. The zero-order valence-electron chi connectivity index (χ0n) is 11.4. The predicted molar refractivity (Wildman–Crippen MR) is 76.4 cm³/mol. The second kappa shape index (κ2) is 5.74. The highest BCUT2D eigenvalue weighted by atomic mass is 79.9. The second-order valence-electron chi connectivity index (χ2n) is 5.88. The smallest absolute Gasteiger partial charge is 0.0996 e. The van der Waals surface area contributed by atoms with Gasteiger partial charge in [-0.1, -0.05) is 19.8 Å². The lowest BCUT2D eigenvalue weighted by atomic mass is 9.79. The molecule has 0 spiro atoms. The first-order chi connectivity index (χ1) is 8.50. The topological polar surface area (TPSA) is 38.1 Å². The van der Waals surface area contributed by atoms with Crippen molar-refractivity contribution in [3.63, 3.8) is 0 Å². The molecule has 0 radical (unpaired) electrons. The number of hydrogen-bond acceptors (Lipinski definition) is 2. The molecular formula is C14H23BrN2O. The Bertz CT molecular complexity index is 394. The van der Waals surface area contributed by atoms with Gasteiger partial charge in [-0.3, -0.25) is 4.68 Å². The minimum atomic E-state index is -0.392. The molecule has 0 aliphatic heterocycles. The molecule has 1 atom stereocenters. The zero-order chi connectivity index (χ0) is 13.3. The van der Waals surface area contributed by atoms with E-state index >= 15 is 0 Å². The van der Waals surface area contributed by atoms with E-state index in [0.29, 0.717) is 5.92 Å². The maximum absolute atomic E-state index is 10.6. The highest BCUT2D eigenvalue weighted by Crippen LogP contribution is 2.39. The molecule has 2 rings (SSSR count). The molecule has 1 saturated carbocycles. The summed E-state index contributed by atoms with van der Waals surface area (Å²) >= 11 is 3.52. The van der Waals surface area contributed by atoms with Crippen LogP contribution in [0.5, 0.6) is 0 Å². The van der Waals surface area contributed by atoms with E-state index in [0.717, 1.165) is 28.9 Å². The molecule has 1 aromatic heterocycles. The van der Waals surface area contributed by atoms with Crippen molar-refractivity contribution >= 4 is 15.9 Å². The number of halogens is 1. The zero-order valence-corrected chi connectivity index (χ0v) is 13.0. The van der Waals surface area contributed by atoms with Crippen molar-refractivity contribution < 1.29 is 5.11 Å². The monoisotopic (exact) mass is 314 g/mol. The van der Waals surface area contributed by atoms with Crippen LogP contribution in [0, 0.1) is 11.8 Å². The van der Waals surface area contributed by atoms with Crippen molar-refractivity contribution in [1.82, 2.24) is 9.78 Å². The van der Waals surface area contributed by atoms with Gasteiger partial charge in [-0.15, -0.1) is 0 Å². The van der Waals surface area contributed by atoms with Crippen LogP contribution in [0.2, 0.25) is 0 Å². The van der Waals surface area contributed by atoms with E-state index in [9.17, 15) is 5.11 Å². The molecule has 1 aliphatic rings. The van der Waals surface area contributed by atoms with E-state index in [2.05, 4.69) is 41.8 Å². The predicted octanol–water partition coefficient (Wildman–Crippen LogP) is 4.09. The molecule has 102 valence electrons. The first kappa shape index (κ1) is 14.1. The standard InChI is InChI=1S/C14H23BrN2O/c1-9(2)17-13(12(15)8-16-17)14(18)11-6-4-10(3)5-7-11/h8-11,14,18H,4-7H2,1-3H3. The van der Waals surface area contributed by atoms with E-state index in [-0.39, 0.29) is 6.04 Å². The number of hydrogen-bond donors (Lipinski definition) is 1. The van der Waals surface area contributed by atoms with Gasteiger partial charge < -0.3 is 5.11 Å². The lowest BCUT2D eigenvalue weighted by Gasteiger charge is -2.30. The maximum Gasteiger partial charge on any atom is 0.0996 e. The van der Waals surface area contributed by atoms with Crippen LogP contribution in [0.3, 0.4) is 0 Å². The first-order valence-electron chi connectivity index (χ1n) is 6.91. The van der Waals surface area contributed by atoms with E-state index in [1.54, 1.807) is 6.20 Å². The number of rotatable bonds is 3. The second-order valence-corrected chi connectivity index (χ2v) is 6.74. The molecule has 1 aromatic rings. The SMILES string of the molecule is CC1CCC(C(O)c2c(Br)cnn2C(C)C)CC1. The fourth-order valence-corrected chi connectivity index (χ4v) is 3.37. The first-order valence-corrected chi connectivity index (χ1v) is 7.71.